The van der Waals surface area contributed by atoms with E-state index >= 15 is 0 Å². The van der Waals surface area contributed by atoms with E-state index in [1.54, 1.807) is 0 Å². The zero-order chi connectivity index (χ0) is 10.7. The van der Waals surface area contributed by atoms with E-state index in [2.05, 4.69) is 25.8 Å². The van der Waals surface area contributed by atoms with Gasteiger partial charge in [0.2, 0.25) is 0 Å². The van der Waals surface area contributed by atoms with Crippen molar-refractivity contribution in [3.63, 3.8) is 0 Å². The molecular weight excluding hydrogens is 200 g/mol. The Labute approximate surface area is 84.6 Å². The summed E-state index contributed by atoms with van der Waals surface area (Å²) in [4.78, 5) is 3.92. The predicted molar refractivity (Wildman–Crippen MR) is 50.2 cm³/mol. The molecule has 0 aliphatic rings. The van der Waals surface area contributed by atoms with E-state index in [9.17, 15) is 0 Å². The molecule has 2 rings (SSSR count). The fourth-order valence-corrected chi connectivity index (χ4v) is 1.08. The third-order valence-corrected chi connectivity index (χ3v) is 1.84. The molecule has 2 heterocycles. The van der Waals surface area contributed by atoms with Gasteiger partial charge in [0.1, 0.15) is 0 Å². The topological polar surface area (TPSA) is 108 Å². The number of aliphatic hydroxyl groups excluding tert-OH is 2. The average Bonchev–Trinajstić information content (AvgIpc) is 2.74. The van der Waals surface area contributed by atoms with Crippen molar-refractivity contribution in [1.29, 1.82) is 0 Å². The van der Waals surface area contributed by atoms with Crippen molar-refractivity contribution in [3.05, 3.63) is 12.4 Å². The molecule has 8 nitrogen and oxygen atoms in total. The first-order valence-corrected chi connectivity index (χ1v) is 4.36. The normalized spacial score (nSPS) is 12.9. The quantitative estimate of drug-likeness (QED) is 0.551. The monoisotopic (exact) mass is 210 g/mol. The summed E-state index contributed by atoms with van der Waals surface area (Å²) < 4.78 is 1.46. The minimum absolute atomic E-state index is 0.206. The Hall–Kier alpha value is -1.80. The third-order valence-electron chi connectivity index (χ3n) is 1.84. The van der Waals surface area contributed by atoms with Gasteiger partial charge >= 0.3 is 0 Å². The molecule has 2 aromatic rings. The lowest BCUT2D eigenvalue weighted by molar-refractivity contribution is 0.105. The summed E-state index contributed by atoms with van der Waals surface area (Å²) in [5.74, 6) is 0.560. The fraction of sp³-hybridized carbons (Fsp3) is 0.429. The Balaban J connectivity index is 2.17. The molecule has 0 amide bonds. The summed E-state index contributed by atoms with van der Waals surface area (Å²) in [6.07, 6.45) is 2.23. The molecule has 1 unspecified atom stereocenters. The summed E-state index contributed by atoms with van der Waals surface area (Å²) >= 11 is 0. The van der Waals surface area contributed by atoms with Crippen molar-refractivity contribution in [2.24, 2.45) is 0 Å². The Morgan fingerprint density at radius 3 is 3.13 bits per heavy atom. The lowest BCUT2D eigenvalue weighted by Crippen LogP contribution is -2.24. The van der Waals surface area contributed by atoms with Crippen LogP contribution in [0.25, 0.3) is 5.65 Å². The largest absolute Gasteiger partial charge is 0.394 e. The summed E-state index contributed by atoms with van der Waals surface area (Å²) in [5.41, 5.74) is 0.512. The minimum Gasteiger partial charge on any atom is -0.394 e. The standard InChI is InChI=1S/C7H10N6O2/c14-4-5(15)1-9-6-2-8-3-7-10-11-12-13(6)7/h2-3,5,9,14-15H,1,4H2. The van der Waals surface area contributed by atoms with Gasteiger partial charge in [-0.25, -0.2) is 0 Å². The van der Waals surface area contributed by atoms with E-state index in [1.165, 1.54) is 16.9 Å². The first-order chi connectivity index (χ1) is 7.31. The second kappa shape index (κ2) is 4.15. The number of hydrogen-bond donors (Lipinski definition) is 3. The van der Waals surface area contributed by atoms with Crippen molar-refractivity contribution in [1.82, 2.24) is 25.0 Å². The van der Waals surface area contributed by atoms with Gasteiger partial charge in [-0.05, 0) is 10.4 Å². The van der Waals surface area contributed by atoms with E-state index in [0.717, 1.165) is 0 Å². The lowest BCUT2D eigenvalue weighted by atomic mass is 10.4. The van der Waals surface area contributed by atoms with Crippen LogP contribution in [0.4, 0.5) is 5.82 Å². The summed E-state index contributed by atoms with van der Waals surface area (Å²) in [7, 11) is 0. The van der Waals surface area contributed by atoms with Gasteiger partial charge in [0.15, 0.2) is 11.5 Å². The third kappa shape index (κ3) is 2.00. The van der Waals surface area contributed by atoms with Crippen LogP contribution < -0.4 is 5.32 Å². The highest BCUT2D eigenvalue weighted by Crippen LogP contribution is 2.05. The van der Waals surface area contributed by atoms with Crippen LogP contribution in [0, 0.1) is 0 Å². The number of hydrogen-bond acceptors (Lipinski definition) is 7. The van der Waals surface area contributed by atoms with E-state index in [0.29, 0.717) is 11.5 Å². The number of aliphatic hydroxyl groups is 2. The number of aromatic nitrogens is 5. The SMILES string of the molecule is OCC(O)CNc1cncc2nnnn12. The van der Waals surface area contributed by atoms with E-state index in [4.69, 9.17) is 10.2 Å². The van der Waals surface area contributed by atoms with Crippen molar-refractivity contribution < 1.29 is 10.2 Å². The maximum Gasteiger partial charge on any atom is 0.199 e. The summed E-state index contributed by atoms with van der Waals surface area (Å²) in [6, 6.07) is 0. The molecular formula is C7H10N6O2. The van der Waals surface area contributed by atoms with Gasteiger partial charge in [0, 0.05) is 6.54 Å². The molecule has 8 heteroatoms. The highest BCUT2D eigenvalue weighted by Gasteiger charge is 2.05. The van der Waals surface area contributed by atoms with Gasteiger partial charge in [0.05, 0.1) is 25.1 Å². The molecule has 1 atom stereocenters. The Kier molecular flexibility index (Phi) is 2.70. The molecule has 0 saturated carbocycles. The number of fused-ring (bicyclic) bond motifs is 1. The van der Waals surface area contributed by atoms with E-state index < -0.39 is 6.10 Å². The molecule has 0 aliphatic carbocycles. The van der Waals surface area contributed by atoms with Gasteiger partial charge in [-0.1, -0.05) is 0 Å². The molecule has 0 spiro atoms. The molecule has 80 valence electrons. The first-order valence-electron chi connectivity index (χ1n) is 4.36. The van der Waals surface area contributed by atoms with Crippen molar-refractivity contribution in [2.75, 3.05) is 18.5 Å². The second-order valence-corrected chi connectivity index (χ2v) is 2.96. The van der Waals surface area contributed by atoms with Crippen molar-refractivity contribution >= 4 is 11.5 Å². The lowest BCUT2D eigenvalue weighted by Gasteiger charge is -2.09. The number of anilines is 1. The van der Waals surface area contributed by atoms with Crippen LogP contribution in [0.1, 0.15) is 0 Å². The van der Waals surface area contributed by atoms with Crippen molar-refractivity contribution in [2.45, 2.75) is 6.10 Å². The Bertz CT molecular complexity index is 444. The van der Waals surface area contributed by atoms with Crippen LogP contribution in [0.15, 0.2) is 12.4 Å². The summed E-state index contributed by atoms with van der Waals surface area (Å²) in [6.45, 7) is -0.0941. The van der Waals surface area contributed by atoms with Crippen LogP contribution in [0.2, 0.25) is 0 Å². The Morgan fingerprint density at radius 1 is 1.47 bits per heavy atom. The highest BCUT2D eigenvalue weighted by atomic mass is 16.3. The van der Waals surface area contributed by atoms with Crippen LogP contribution >= 0.6 is 0 Å². The van der Waals surface area contributed by atoms with Gasteiger partial charge < -0.3 is 15.5 Å². The fourth-order valence-electron chi connectivity index (χ4n) is 1.08. The van der Waals surface area contributed by atoms with Gasteiger partial charge in [-0.15, -0.1) is 5.10 Å². The zero-order valence-electron chi connectivity index (χ0n) is 7.78. The van der Waals surface area contributed by atoms with Gasteiger partial charge in [0.25, 0.3) is 0 Å². The molecule has 0 saturated heterocycles. The molecule has 0 aliphatic heterocycles. The predicted octanol–water partition coefficient (Wildman–Crippen LogP) is -1.72. The van der Waals surface area contributed by atoms with Crippen LogP contribution in [-0.4, -0.2) is 54.5 Å². The number of nitrogens with zero attached hydrogens (tertiary/aromatic N) is 5. The molecule has 0 aromatic carbocycles. The first kappa shape index (κ1) is 9.74. The number of nitrogens with one attached hydrogen (secondary N) is 1. The van der Waals surface area contributed by atoms with E-state index in [1.807, 2.05) is 0 Å². The van der Waals surface area contributed by atoms with Crippen LogP contribution in [0.3, 0.4) is 0 Å². The second-order valence-electron chi connectivity index (χ2n) is 2.96. The highest BCUT2D eigenvalue weighted by molar-refractivity contribution is 5.43. The molecule has 2 aromatic heterocycles. The smallest absolute Gasteiger partial charge is 0.199 e. The Morgan fingerprint density at radius 2 is 2.33 bits per heavy atom. The van der Waals surface area contributed by atoms with E-state index in [-0.39, 0.29) is 13.2 Å². The van der Waals surface area contributed by atoms with Crippen molar-refractivity contribution in [3.8, 4) is 0 Å². The van der Waals surface area contributed by atoms with Crippen LogP contribution in [0.5, 0.6) is 0 Å². The number of tetrazole rings is 1. The zero-order valence-corrected chi connectivity index (χ0v) is 7.78. The molecule has 0 radical (unpaired) electrons. The maximum absolute atomic E-state index is 9.15. The van der Waals surface area contributed by atoms with Crippen LogP contribution in [-0.2, 0) is 0 Å². The maximum atomic E-state index is 9.15. The number of rotatable bonds is 4. The molecule has 3 N–H and O–H groups in total. The summed E-state index contributed by atoms with van der Waals surface area (Å²) in [5, 5.41) is 31.6. The minimum atomic E-state index is -0.822. The van der Waals surface area contributed by atoms with Gasteiger partial charge in [-0.2, -0.15) is 4.52 Å². The molecule has 0 fully saturated rings. The molecule has 15 heavy (non-hydrogen) atoms. The average molecular weight is 210 g/mol. The van der Waals surface area contributed by atoms with Gasteiger partial charge in [-0.3, -0.25) is 4.98 Å². The molecule has 0 bridgehead atoms.